The molecule has 1 saturated heterocycles. The number of aromatic carboxylic acids is 1. The van der Waals surface area contributed by atoms with Crippen LogP contribution < -0.4 is 5.32 Å². The van der Waals surface area contributed by atoms with Gasteiger partial charge in [0.25, 0.3) is 5.91 Å². The lowest BCUT2D eigenvalue weighted by molar-refractivity contribution is -0.121. The van der Waals surface area contributed by atoms with E-state index in [1.165, 1.54) is 6.07 Å². The average molecular weight is 372 g/mol. The molecule has 136 valence electrons. The van der Waals surface area contributed by atoms with Crippen LogP contribution in [0.25, 0.3) is 0 Å². The molecule has 0 radical (unpaired) electrons. The highest BCUT2D eigenvalue weighted by molar-refractivity contribution is 7.10. The van der Waals surface area contributed by atoms with E-state index in [9.17, 15) is 19.5 Å². The van der Waals surface area contributed by atoms with Gasteiger partial charge in [0.2, 0.25) is 5.91 Å². The zero-order valence-corrected chi connectivity index (χ0v) is 15.0. The highest BCUT2D eigenvalue weighted by atomic mass is 32.1. The van der Waals surface area contributed by atoms with E-state index in [4.69, 9.17) is 0 Å². The lowest BCUT2D eigenvalue weighted by Crippen LogP contribution is -2.47. The molecular formula is C19H20N2O4S. The average Bonchev–Trinajstić information content (AvgIpc) is 3.14. The van der Waals surface area contributed by atoms with E-state index >= 15 is 0 Å². The monoisotopic (exact) mass is 372 g/mol. The Labute approximate surface area is 155 Å². The second kappa shape index (κ2) is 8.14. The first kappa shape index (κ1) is 18.1. The Bertz CT molecular complexity index is 796. The molecule has 1 fully saturated rings. The van der Waals surface area contributed by atoms with Gasteiger partial charge >= 0.3 is 5.97 Å². The van der Waals surface area contributed by atoms with Gasteiger partial charge in [0, 0.05) is 24.0 Å². The first-order chi connectivity index (χ1) is 12.5. The van der Waals surface area contributed by atoms with E-state index in [-0.39, 0.29) is 29.0 Å². The number of nitrogens with one attached hydrogen (secondary N) is 1. The highest BCUT2D eigenvalue weighted by Gasteiger charge is 2.26. The summed E-state index contributed by atoms with van der Waals surface area (Å²) >= 11 is 1.56. The van der Waals surface area contributed by atoms with Crippen LogP contribution in [0.5, 0.6) is 0 Å². The molecule has 2 N–H and O–H groups in total. The predicted octanol–water partition coefficient (Wildman–Crippen LogP) is 2.41. The largest absolute Gasteiger partial charge is 0.478 e. The number of carboxylic acids is 1. The molecule has 1 aromatic carbocycles. The normalized spacial score (nSPS) is 14.8. The minimum absolute atomic E-state index is 0.00607. The molecule has 0 unspecified atom stereocenters. The number of carboxylic acid groups (broad SMARTS) is 1. The number of carbonyl (C=O) groups is 3. The van der Waals surface area contributed by atoms with Gasteiger partial charge in [-0.3, -0.25) is 9.59 Å². The van der Waals surface area contributed by atoms with Crippen molar-refractivity contribution in [2.75, 3.05) is 13.1 Å². The fourth-order valence-corrected chi connectivity index (χ4v) is 3.81. The molecule has 1 aliphatic rings. The zero-order valence-electron chi connectivity index (χ0n) is 14.2. The number of piperidine rings is 1. The van der Waals surface area contributed by atoms with E-state index in [2.05, 4.69) is 5.32 Å². The summed E-state index contributed by atoms with van der Waals surface area (Å²) < 4.78 is 0. The van der Waals surface area contributed by atoms with Crippen molar-refractivity contribution < 1.29 is 19.5 Å². The maximum absolute atomic E-state index is 12.6. The molecule has 1 aliphatic heterocycles. The van der Waals surface area contributed by atoms with Gasteiger partial charge in [0.1, 0.15) is 0 Å². The summed E-state index contributed by atoms with van der Waals surface area (Å²) in [6, 6.07) is 10.2. The van der Waals surface area contributed by atoms with E-state index in [0.29, 0.717) is 32.4 Å². The van der Waals surface area contributed by atoms with Crippen molar-refractivity contribution in [2.24, 2.45) is 0 Å². The minimum Gasteiger partial charge on any atom is -0.478 e. The number of amides is 2. The first-order valence-corrected chi connectivity index (χ1v) is 9.36. The number of thiophene rings is 1. The van der Waals surface area contributed by atoms with E-state index < -0.39 is 5.97 Å². The molecule has 6 nitrogen and oxygen atoms in total. The molecule has 0 atom stereocenters. The van der Waals surface area contributed by atoms with Gasteiger partial charge in [-0.15, -0.1) is 11.3 Å². The number of likely N-dealkylation sites (tertiary alicyclic amines) is 1. The lowest BCUT2D eigenvalue weighted by atomic mass is 10.0. The summed E-state index contributed by atoms with van der Waals surface area (Å²) in [6.07, 6.45) is 1.71. The third kappa shape index (κ3) is 4.29. The first-order valence-electron chi connectivity index (χ1n) is 8.48. The van der Waals surface area contributed by atoms with Crippen LogP contribution >= 0.6 is 11.3 Å². The molecule has 1 aromatic heterocycles. The van der Waals surface area contributed by atoms with Crippen molar-refractivity contribution in [1.29, 1.82) is 0 Å². The molecule has 7 heteroatoms. The maximum Gasteiger partial charge on any atom is 0.336 e. The summed E-state index contributed by atoms with van der Waals surface area (Å²) in [6.45, 7) is 0.994. The van der Waals surface area contributed by atoms with E-state index in [1.807, 2.05) is 17.5 Å². The van der Waals surface area contributed by atoms with Crippen LogP contribution in [0.3, 0.4) is 0 Å². The van der Waals surface area contributed by atoms with Crippen LogP contribution in [0.2, 0.25) is 0 Å². The second-order valence-electron chi connectivity index (χ2n) is 6.24. The smallest absolute Gasteiger partial charge is 0.336 e. The molecule has 2 aromatic rings. The van der Waals surface area contributed by atoms with Gasteiger partial charge in [-0.2, -0.15) is 0 Å². The Hall–Kier alpha value is -2.67. The Morgan fingerprint density at radius 1 is 1.08 bits per heavy atom. The van der Waals surface area contributed by atoms with Gasteiger partial charge in [0.15, 0.2) is 0 Å². The van der Waals surface area contributed by atoms with Crippen LogP contribution in [0, 0.1) is 0 Å². The van der Waals surface area contributed by atoms with Gasteiger partial charge < -0.3 is 15.3 Å². The fraction of sp³-hybridized carbons (Fsp3) is 0.316. The number of rotatable bonds is 5. The van der Waals surface area contributed by atoms with E-state index in [0.717, 1.165) is 4.88 Å². The van der Waals surface area contributed by atoms with Gasteiger partial charge in [-0.25, -0.2) is 4.79 Å². The van der Waals surface area contributed by atoms with Crippen molar-refractivity contribution in [3.63, 3.8) is 0 Å². The number of carbonyl (C=O) groups excluding carboxylic acids is 2. The molecular weight excluding hydrogens is 352 g/mol. The standard InChI is InChI=1S/C19H20N2O4S/c22-17(12-14-4-3-11-26-14)20-13-7-9-21(10-8-13)18(23)15-5-1-2-6-16(15)19(24)25/h1-6,11,13H,7-10,12H2,(H,20,22)(H,24,25). The zero-order chi connectivity index (χ0) is 18.5. The molecule has 3 rings (SSSR count). The van der Waals surface area contributed by atoms with Crippen molar-refractivity contribution in [3.05, 3.63) is 57.8 Å². The predicted molar refractivity (Wildman–Crippen MR) is 98.5 cm³/mol. The molecule has 0 spiro atoms. The Morgan fingerprint density at radius 2 is 1.77 bits per heavy atom. The highest BCUT2D eigenvalue weighted by Crippen LogP contribution is 2.17. The van der Waals surface area contributed by atoms with Crippen molar-refractivity contribution in [3.8, 4) is 0 Å². The van der Waals surface area contributed by atoms with Crippen LogP contribution in [0.15, 0.2) is 41.8 Å². The van der Waals surface area contributed by atoms with Crippen LogP contribution in [-0.4, -0.2) is 46.9 Å². The van der Waals surface area contributed by atoms with Crippen LogP contribution in [-0.2, 0) is 11.2 Å². The second-order valence-corrected chi connectivity index (χ2v) is 7.27. The molecule has 0 aliphatic carbocycles. The SMILES string of the molecule is O=C(Cc1cccs1)NC1CCN(C(=O)c2ccccc2C(=O)O)CC1. The number of nitrogens with zero attached hydrogens (tertiary/aromatic N) is 1. The summed E-state index contributed by atoms with van der Waals surface area (Å²) in [5, 5.41) is 14.2. The summed E-state index contributed by atoms with van der Waals surface area (Å²) in [7, 11) is 0. The van der Waals surface area contributed by atoms with Gasteiger partial charge in [-0.1, -0.05) is 18.2 Å². The molecule has 2 heterocycles. The van der Waals surface area contributed by atoms with Crippen molar-refractivity contribution in [1.82, 2.24) is 10.2 Å². The third-order valence-corrected chi connectivity index (χ3v) is 5.33. The Morgan fingerprint density at radius 3 is 2.38 bits per heavy atom. The molecule has 2 amide bonds. The van der Waals surface area contributed by atoms with Gasteiger partial charge in [-0.05, 0) is 36.4 Å². The Kier molecular flexibility index (Phi) is 5.68. The fourth-order valence-electron chi connectivity index (χ4n) is 3.10. The number of hydrogen-bond donors (Lipinski definition) is 2. The lowest BCUT2D eigenvalue weighted by Gasteiger charge is -2.32. The molecule has 0 saturated carbocycles. The van der Waals surface area contributed by atoms with Crippen molar-refractivity contribution >= 4 is 29.1 Å². The van der Waals surface area contributed by atoms with E-state index in [1.54, 1.807) is 34.4 Å². The summed E-state index contributed by atoms with van der Waals surface area (Å²) in [5.41, 5.74) is 0.226. The maximum atomic E-state index is 12.6. The van der Waals surface area contributed by atoms with Crippen molar-refractivity contribution in [2.45, 2.75) is 25.3 Å². The number of benzene rings is 1. The summed E-state index contributed by atoms with van der Waals surface area (Å²) in [4.78, 5) is 38.7. The quantitative estimate of drug-likeness (QED) is 0.844. The minimum atomic E-state index is -1.11. The topological polar surface area (TPSA) is 86.7 Å². The Balaban J connectivity index is 1.54. The third-order valence-electron chi connectivity index (χ3n) is 4.45. The molecule has 26 heavy (non-hydrogen) atoms. The molecule has 0 bridgehead atoms. The van der Waals surface area contributed by atoms with Gasteiger partial charge in [0.05, 0.1) is 17.5 Å². The number of hydrogen-bond acceptors (Lipinski definition) is 4. The summed E-state index contributed by atoms with van der Waals surface area (Å²) in [5.74, 6) is -1.38. The van der Waals surface area contributed by atoms with Crippen LogP contribution in [0.4, 0.5) is 0 Å². The van der Waals surface area contributed by atoms with Crippen LogP contribution in [0.1, 0.15) is 38.4 Å².